The predicted octanol–water partition coefficient (Wildman–Crippen LogP) is 3.08. The van der Waals surface area contributed by atoms with E-state index in [9.17, 15) is 4.79 Å². The monoisotopic (exact) mass is 318 g/mol. The first-order chi connectivity index (χ1) is 11.8. The number of pyridine rings is 1. The van der Waals surface area contributed by atoms with Gasteiger partial charge in [-0.1, -0.05) is 30.3 Å². The van der Waals surface area contributed by atoms with Gasteiger partial charge in [0.1, 0.15) is 12.1 Å². The number of nitrogens with one attached hydrogen (secondary N) is 1. The van der Waals surface area contributed by atoms with Crippen LogP contribution in [-0.4, -0.2) is 20.4 Å². The molecule has 4 rings (SSSR count). The van der Waals surface area contributed by atoms with Crippen molar-refractivity contribution in [2.24, 2.45) is 0 Å². The van der Waals surface area contributed by atoms with E-state index >= 15 is 0 Å². The van der Waals surface area contributed by atoms with Crippen molar-refractivity contribution in [1.29, 1.82) is 0 Å². The van der Waals surface area contributed by atoms with Crippen molar-refractivity contribution in [3.05, 3.63) is 78.5 Å². The van der Waals surface area contributed by atoms with E-state index in [4.69, 9.17) is 0 Å². The largest absolute Gasteiger partial charge is 0.342 e. The lowest BCUT2D eigenvalue weighted by molar-refractivity contribution is 0.0823. The smallest absolute Gasteiger partial charge is 0.253 e. The molecule has 0 saturated heterocycles. The quantitative estimate of drug-likeness (QED) is 0.804. The fourth-order valence-corrected chi connectivity index (χ4v) is 3.13. The Bertz CT molecular complexity index is 822. The van der Waals surface area contributed by atoms with Gasteiger partial charge >= 0.3 is 0 Å². The van der Waals surface area contributed by atoms with Crippen molar-refractivity contribution in [1.82, 2.24) is 19.9 Å². The molecular weight excluding hydrogens is 300 g/mol. The number of rotatable bonds is 4. The Morgan fingerprint density at radius 3 is 2.54 bits per heavy atom. The van der Waals surface area contributed by atoms with Crippen LogP contribution < -0.4 is 5.32 Å². The third kappa shape index (κ3) is 2.58. The summed E-state index contributed by atoms with van der Waals surface area (Å²) in [5.74, 6) is 0.661. The molecule has 0 bridgehead atoms. The van der Waals surface area contributed by atoms with Gasteiger partial charge in [-0.05, 0) is 37.0 Å². The number of hydrogen-bond acceptors (Lipinski definition) is 3. The van der Waals surface area contributed by atoms with Crippen LogP contribution >= 0.6 is 0 Å². The van der Waals surface area contributed by atoms with Gasteiger partial charge in [0.25, 0.3) is 5.91 Å². The molecule has 0 unspecified atom stereocenters. The molecular formula is C19H18N4O. The number of imidazole rings is 1. The number of hydrogen-bond donors (Lipinski definition) is 1. The van der Waals surface area contributed by atoms with E-state index in [1.54, 1.807) is 29.4 Å². The maximum absolute atomic E-state index is 12.7. The number of nitrogens with zero attached hydrogens (tertiary/aromatic N) is 3. The second-order valence-corrected chi connectivity index (χ2v) is 6.13. The first-order valence-corrected chi connectivity index (χ1v) is 8.09. The van der Waals surface area contributed by atoms with Gasteiger partial charge in [-0.3, -0.25) is 9.36 Å². The van der Waals surface area contributed by atoms with Crippen molar-refractivity contribution in [2.45, 2.75) is 24.8 Å². The van der Waals surface area contributed by atoms with Crippen LogP contribution in [0.1, 0.15) is 35.2 Å². The van der Waals surface area contributed by atoms with E-state index in [0.29, 0.717) is 5.56 Å². The van der Waals surface area contributed by atoms with Crippen molar-refractivity contribution in [3.63, 3.8) is 0 Å². The van der Waals surface area contributed by atoms with E-state index in [1.165, 1.54) is 5.56 Å². The highest BCUT2D eigenvalue weighted by molar-refractivity contribution is 5.94. The van der Waals surface area contributed by atoms with Gasteiger partial charge in [-0.2, -0.15) is 0 Å². The average Bonchev–Trinajstić information content (AvgIpc) is 3.13. The SMILES string of the molecule is O=C(NC1(c2ccccc2)CCC1)c1ccc(-n2ccnc2)nc1. The van der Waals surface area contributed by atoms with Crippen LogP contribution in [0.2, 0.25) is 0 Å². The summed E-state index contributed by atoms with van der Waals surface area (Å²) < 4.78 is 1.80. The van der Waals surface area contributed by atoms with E-state index in [2.05, 4.69) is 27.4 Å². The maximum Gasteiger partial charge on any atom is 0.253 e. The molecule has 3 aromatic rings. The molecule has 1 aromatic carbocycles. The average molecular weight is 318 g/mol. The Morgan fingerprint density at radius 2 is 1.96 bits per heavy atom. The Hall–Kier alpha value is -2.95. The minimum Gasteiger partial charge on any atom is -0.342 e. The highest BCUT2D eigenvalue weighted by atomic mass is 16.1. The summed E-state index contributed by atoms with van der Waals surface area (Å²) in [6.45, 7) is 0. The number of aromatic nitrogens is 3. The molecule has 0 radical (unpaired) electrons. The fraction of sp³-hybridized carbons (Fsp3) is 0.211. The predicted molar refractivity (Wildman–Crippen MR) is 90.8 cm³/mol. The van der Waals surface area contributed by atoms with E-state index in [-0.39, 0.29) is 11.4 Å². The molecule has 24 heavy (non-hydrogen) atoms. The zero-order valence-electron chi connectivity index (χ0n) is 13.2. The molecule has 1 N–H and O–H groups in total. The maximum atomic E-state index is 12.7. The molecule has 0 spiro atoms. The molecule has 120 valence electrons. The second kappa shape index (κ2) is 5.92. The summed E-state index contributed by atoms with van der Waals surface area (Å²) in [6.07, 6.45) is 9.89. The second-order valence-electron chi connectivity index (χ2n) is 6.13. The van der Waals surface area contributed by atoms with E-state index in [1.807, 2.05) is 30.5 Å². The summed E-state index contributed by atoms with van der Waals surface area (Å²) in [5.41, 5.74) is 1.51. The minimum atomic E-state index is -0.235. The lowest BCUT2D eigenvalue weighted by Crippen LogP contribution is -2.50. The van der Waals surface area contributed by atoms with Crippen LogP contribution in [0.25, 0.3) is 5.82 Å². The van der Waals surface area contributed by atoms with Crippen LogP contribution in [0.15, 0.2) is 67.4 Å². The fourth-order valence-electron chi connectivity index (χ4n) is 3.13. The first-order valence-electron chi connectivity index (χ1n) is 8.09. The van der Waals surface area contributed by atoms with Gasteiger partial charge in [0.15, 0.2) is 0 Å². The Labute approximate surface area is 140 Å². The van der Waals surface area contributed by atoms with Crippen LogP contribution in [0.5, 0.6) is 0 Å². The normalized spacial score (nSPS) is 15.5. The summed E-state index contributed by atoms with van der Waals surface area (Å²) in [4.78, 5) is 21.0. The summed E-state index contributed by atoms with van der Waals surface area (Å²) >= 11 is 0. The van der Waals surface area contributed by atoms with Gasteiger partial charge in [0.05, 0.1) is 11.1 Å². The zero-order chi connectivity index (χ0) is 16.4. The van der Waals surface area contributed by atoms with E-state index in [0.717, 1.165) is 25.1 Å². The molecule has 1 saturated carbocycles. The molecule has 1 fully saturated rings. The molecule has 0 atom stereocenters. The minimum absolute atomic E-state index is 0.0803. The number of amides is 1. The van der Waals surface area contributed by atoms with Crippen molar-refractivity contribution >= 4 is 5.91 Å². The molecule has 1 aliphatic rings. The van der Waals surface area contributed by atoms with Gasteiger partial charge in [-0.15, -0.1) is 0 Å². The van der Waals surface area contributed by atoms with Crippen molar-refractivity contribution in [3.8, 4) is 5.82 Å². The van der Waals surface area contributed by atoms with Gasteiger partial charge in [-0.25, -0.2) is 9.97 Å². The van der Waals surface area contributed by atoms with Crippen LogP contribution in [0, 0.1) is 0 Å². The molecule has 5 heteroatoms. The summed E-state index contributed by atoms with van der Waals surface area (Å²) in [6, 6.07) is 13.8. The van der Waals surface area contributed by atoms with Crippen LogP contribution in [0.4, 0.5) is 0 Å². The third-order valence-corrected chi connectivity index (χ3v) is 4.67. The molecule has 2 heterocycles. The van der Waals surface area contributed by atoms with Gasteiger partial charge in [0, 0.05) is 18.6 Å². The van der Waals surface area contributed by atoms with Crippen LogP contribution in [0.3, 0.4) is 0 Å². The summed E-state index contributed by atoms with van der Waals surface area (Å²) in [5, 5.41) is 3.22. The standard InChI is InChI=1S/C19H18N4O/c24-18(15-7-8-17(21-13-15)23-12-11-20-14-23)22-19(9-4-10-19)16-5-2-1-3-6-16/h1-3,5-8,11-14H,4,9-10H2,(H,22,24). The zero-order valence-corrected chi connectivity index (χ0v) is 13.2. The lowest BCUT2D eigenvalue weighted by Gasteiger charge is -2.43. The molecule has 0 aliphatic heterocycles. The number of carbonyl (C=O) groups excluding carboxylic acids is 1. The molecule has 2 aromatic heterocycles. The Morgan fingerprint density at radius 1 is 1.12 bits per heavy atom. The molecule has 1 aliphatic carbocycles. The van der Waals surface area contributed by atoms with E-state index < -0.39 is 0 Å². The van der Waals surface area contributed by atoms with Crippen molar-refractivity contribution in [2.75, 3.05) is 0 Å². The topological polar surface area (TPSA) is 59.8 Å². The summed E-state index contributed by atoms with van der Waals surface area (Å²) in [7, 11) is 0. The lowest BCUT2D eigenvalue weighted by atomic mass is 9.71. The number of benzene rings is 1. The van der Waals surface area contributed by atoms with Gasteiger partial charge < -0.3 is 5.32 Å². The van der Waals surface area contributed by atoms with Crippen LogP contribution in [-0.2, 0) is 5.54 Å². The highest BCUT2D eigenvalue weighted by Crippen LogP contribution is 2.41. The number of carbonyl (C=O) groups is 1. The molecule has 1 amide bonds. The highest BCUT2D eigenvalue weighted by Gasteiger charge is 2.40. The third-order valence-electron chi connectivity index (χ3n) is 4.67. The van der Waals surface area contributed by atoms with Gasteiger partial charge in [0.2, 0.25) is 0 Å². The molecule has 5 nitrogen and oxygen atoms in total. The van der Waals surface area contributed by atoms with Crippen molar-refractivity contribution < 1.29 is 4.79 Å². The Kier molecular flexibility index (Phi) is 3.61. The first kappa shape index (κ1) is 14.6. The Balaban J connectivity index is 1.53.